The molecule has 1 aromatic carbocycles. The van der Waals surface area contributed by atoms with Crippen LogP contribution in [0.25, 0.3) is 0 Å². The third-order valence-corrected chi connectivity index (χ3v) is 4.41. The van der Waals surface area contributed by atoms with Crippen LogP contribution in [-0.2, 0) is 13.0 Å². The summed E-state index contributed by atoms with van der Waals surface area (Å²) in [5.41, 5.74) is 1.37. The lowest BCUT2D eigenvalue weighted by atomic mass is 10.1. The van der Waals surface area contributed by atoms with Crippen molar-refractivity contribution < 1.29 is 0 Å². The monoisotopic (exact) mass is 303 g/mol. The van der Waals surface area contributed by atoms with Crippen LogP contribution in [0.4, 0.5) is 5.13 Å². The Morgan fingerprint density at radius 1 is 1.24 bits per heavy atom. The molecule has 0 unspecified atom stereocenters. The molecule has 0 aliphatic heterocycles. The Morgan fingerprint density at radius 2 is 2.00 bits per heavy atom. The smallest absolute Gasteiger partial charge is 0.185 e. The van der Waals surface area contributed by atoms with Gasteiger partial charge in [-0.25, -0.2) is 4.98 Å². The molecule has 0 radical (unpaired) electrons. The summed E-state index contributed by atoms with van der Waals surface area (Å²) in [6.45, 7) is 7.42. The fourth-order valence-electron chi connectivity index (χ4n) is 2.08. The van der Waals surface area contributed by atoms with Crippen LogP contribution in [0.2, 0.25) is 0 Å². The fraction of sp³-hybridized carbons (Fsp3) is 0.471. The van der Waals surface area contributed by atoms with E-state index >= 15 is 0 Å². The van der Waals surface area contributed by atoms with Crippen molar-refractivity contribution in [2.45, 2.75) is 26.8 Å². The maximum atomic E-state index is 4.53. The lowest BCUT2D eigenvalue weighted by molar-refractivity contribution is 0.554. The lowest BCUT2D eigenvalue weighted by Crippen LogP contribution is -2.20. The molecule has 0 spiro atoms. The number of aromatic nitrogens is 1. The average Bonchev–Trinajstić information content (AvgIpc) is 2.94. The second kappa shape index (κ2) is 8.15. The topological polar surface area (TPSA) is 28.2 Å². The minimum atomic E-state index is 0.686. The van der Waals surface area contributed by atoms with E-state index in [-0.39, 0.29) is 0 Å². The fourth-order valence-corrected chi connectivity index (χ4v) is 2.94. The average molecular weight is 303 g/mol. The lowest BCUT2D eigenvalue weighted by Gasteiger charge is -2.15. The van der Waals surface area contributed by atoms with Gasteiger partial charge in [0.1, 0.15) is 0 Å². The first-order chi connectivity index (χ1) is 10.1. The zero-order chi connectivity index (χ0) is 15.1. The van der Waals surface area contributed by atoms with Crippen molar-refractivity contribution in [2.75, 3.05) is 25.0 Å². The first kappa shape index (κ1) is 16.0. The molecule has 4 heteroatoms. The summed E-state index contributed by atoms with van der Waals surface area (Å²) in [5.74, 6) is 0.686. The Kier molecular flexibility index (Phi) is 6.21. The molecule has 0 amide bonds. The molecule has 0 fully saturated rings. The highest BCUT2D eigenvalue weighted by Gasteiger charge is 2.07. The van der Waals surface area contributed by atoms with Crippen molar-refractivity contribution in [3.05, 3.63) is 47.0 Å². The summed E-state index contributed by atoms with van der Waals surface area (Å²) in [4.78, 5) is 8.07. The first-order valence-corrected chi connectivity index (χ1v) is 8.37. The molecule has 1 heterocycles. The highest BCUT2D eigenvalue weighted by atomic mass is 32.1. The van der Waals surface area contributed by atoms with Crippen LogP contribution < -0.4 is 10.2 Å². The molecule has 114 valence electrons. The minimum absolute atomic E-state index is 0.686. The molecule has 0 saturated carbocycles. The van der Waals surface area contributed by atoms with E-state index in [9.17, 15) is 0 Å². The van der Waals surface area contributed by atoms with Gasteiger partial charge in [0.05, 0.1) is 0 Å². The van der Waals surface area contributed by atoms with E-state index in [1.165, 1.54) is 10.4 Å². The predicted molar refractivity (Wildman–Crippen MR) is 92.1 cm³/mol. The summed E-state index contributed by atoms with van der Waals surface area (Å²) in [5, 5.41) is 4.57. The standard InChI is InChI=1S/C17H25N3S/c1-14(2)11-18-12-16-13-19-17(21-16)20(3)10-9-15-7-5-4-6-8-15/h4-8,13-14,18H,9-12H2,1-3H3. The van der Waals surface area contributed by atoms with Gasteiger partial charge >= 0.3 is 0 Å². The number of thiazole rings is 1. The van der Waals surface area contributed by atoms with Crippen LogP contribution in [0.5, 0.6) is 0 Å². The molecular formula is C17H25N3S. The Bertz CT molecular complexity index is 522. The van der Waals surface area contributed by atoms with Gasteiger partial charge < -0.3 is 10.2 Å². The van der Waals surface area contributed by atoms with Crippen molar-refractivity contribution >= 4 is 16.5 Å². The van der Waals surface area contributed by atoms with E-state index in [0.717, 1.165) is 31.2 Å². The maximum absolute atomic E-state index is 4.53. The number of benzene rings is 1. The van der Waals surface area contributed by atoms with Gasteiger partial charge in [0, 0.05) is 31.2 Å². The van der Waals surface area contributed by atoms with Crippen LogP contribution in [0, 0.1) is 5.92 Å². The molecule has 0 atom stereocenters. The van der Waals surface area contributed by atoms with E-state index in [1.807, 2.05) is 6.20 Å². The predicted octanol–water partition coefficient (Wildman–Crippen LogP) is 3.57. The Hall–Kier alpha value is -1.39. The number of nitrogens with one attached hydrogen (secondary N) is 1. The zero-order valence-electron chi connectivity index (χ0n) is 13.2. The van der Waals surface area contributed by atoms with Crippen LogP contribution >= 0.6 is 11.3 Å². The van der Waals surface area contributed by atoms with Crippen molar-refractivity contribution in [1.29, 1.82) is 0 Å². The van der Waals surface area contributed by atoms with Gasteiger partial charge in [-0.15, -0.1) is 11.3 Å². The van der Waals surface area contributed by atoms with Crippen molar-refractivity contribution in [3.63, 3.8) is 0 Å². The highest BCUT2D eigenvalue weighted by Crippen LogP contribution is 2.21. The second-order valence-electron chi connectivity index (χ2n) is 5.79. The van der Waals surface area contributed by atoms with Gasteiger partial charge in [0.15, 0.2) is 5.13 Å². The minimum Gasteiger partial charge on any atom is -0.351 e. The number of rotatable bonds is 8. The number of nitrogens with zero attached hydrogens (tertiary/aromatic N) is 2. The van der Waals surface area contributed by atoms with Gasteiger partial charge in [-0.2, -0.15) is 0 Å². The molecule has 0 aliphatic carbocycles. The molecule has 2 aromatic rings. The normalized spacial score (nSPS) is 11.0. The third-order valence-electron chi connectivity index (χ3n) is 3.30. The van der Waals surface area contributed by atoms with E-state index in [1.54, 1.807) is 11.3 Å². The van der Waals surface area contributed by atoms with Crippen LogP contribution in [0.15, 0.2) is 36.5 Å². The van der Waals surface area contributed by atoms with Crippen molar-refractivity contribution in [1.82, 2.24) is 10.3 Å². The highest BCUT2D eigenvalue weighted by molar-refractivity contribution is 7.15. The van der Waals surface area contributed by atoms with Gasteiger partial charge in [-0.3, -0.25) is 0 Å². The second-order valence-corrected chi connectivity index (χ2v) is 6.88. The summed E-state index contributed by atoms with van der Waals surface area (Å²) in [7, 11) is 2.12. The zero-order valence-corrected chi connectivity index (χ0v) is 14.0. The molecule has 0 aliphatic rings. The summed E-state index contributed by atoms with van der Waals surface area (Å²) in [6, 6.07) is 10.6. The summed E-state index contributed by atoms with van der Waals surface area (Å²) < 4.78 is 0. The SMILES string of the molecule is CC(C)CNCc1cnc(N(C)CCc2ccccc2)s1. The Balaban J connectivity index is 1.80. The van der Waals surface area contributed by atoms with Gasteiger partial charge in [-0.1, -0.05) is 44.2 Å². The van der Waals surface area contributed by atoms with Crippen molar-refractivity contribution in [3.8, 4) is 0 Å². The van der Waals surface area contributed by atoms with Gasteiger partial charge in [0.2, 0.25) is 0 Å². The van der Waals surface area contributed by atoms with Crippen LogP contribution in [0.1, 0.15) is 24.3 Å². The maximum Gasteiger partial charge on any atom is 0.185 e. The van der Waals surface area contributed by atoms with Crippen molar-refractivity contribution in [2.24, 2.45) is 5.92 Å². The molecular weight excluding hydrogens is 278 g/mol. The summed E-state index contributed by atoms with van der Waals surface area (Å²) >= 11 is 1.78. The molecule has 21 heavy (non-hydrogen) atoms. The third kappa shape index (κ3) is 5.48. The van der Waals surface area contributed by atoms with E-state index in [2.05, 4.69) is 66.4 Å². The number of hydrogen-bond donors (Lipinski definition) is 1. The largest absolute Gasteiger partial charge is 0.351 e. The number of hydrogen-bond acceptors (Lipinski definition) is 4. The van der Waals surface area contributed by atoms with Gasteiger partial charge in [-0.05, 0) is 24.4 Å². The molecule has 1 N–H and O–H groups in total. The molecule has 2 rings (SSSR count). The van der Waals surface area contributed by atoms with Gasteiger partial charge in [0.25, 0.3) is 0 Å². The molecule has 1 aromatic heterocycles. The van der Waals surface area contributed by atoms with Crippen LogP contribution in [0.3, 0.4) is 0 Å². The molecule has 0 bridgehead atoms. The van der Waals surface area contributed by atoms with E-state index in [4.69, 9.17) is 0 Å². The Morgan fingerprint density at radius 3 is 2.71 bits per heavy atom. The molecule has 0 saturated heterocycles. The quantitative estimate of drug-likeness (QED) is 0.808. The summed E-state index contributed by atoms with van der Waals surface area (Å²) in [6.07, 6.45) is 3.05. The Labute approximate surface area is 132 Å². The van der Waals surface area contributed by atoms with E-state index < -0.39 is 0 Å². The molecule has 3 nitrogen and oxygen atoms in total. The first-order valence-electron chi connectivity index (χ1n) is 7.55. The van der Waals surface area contributed by atoms with Crippen LogP contribution in [-0.4, -0.2) is 25.1 Å². The number of anilines is 1. The van der Waals surface area contributed by atoms with E-state index in [0.29, 0.717) is 5.92 Å². The number of likely N-dealkylation sites (N-methyl/N-ethyl adjacent to an activating group) is 1.